The number of alkyl halides is 1. The van der Waals surface area contributed by atoms with Crippen LogP contribution in [-0.2, 0) is 5.33 Å². The predicted octanol–water partition coefficient (Wildman–Crippen LogP) is 4.23. The van der Waals surface area contributed by atoms with Gasteiger partial charge in [-0.15, -0.1) is 0 Å². The van der Waals surface area contributed by atoms with Gasteiger partial charge in [-0.25, -0.2) is 0 Å². The minimum atomic E-state index is 0.153. The third-order valence-corrected chi connectivity index (χ3v) is 4.78. The molecule has 19 heavy (non-hydrogen) atoms. The number of hydrogen-bond acceptors (Lipinski definition) is 1. The first-order valence-corrected chi connectivity index (χ1v) is 8.16. The minimum Gasteiger partial charge on any atom is -0.339 e. The molecule has 0 N–H and O–H groups in total. The van der Waals surface area contributed by atoms with Crippen molar-refractivity contribution in [3.05, 3.63) is 35.4 Å². The molecule has 0 aliphatic heterocycles. The van der Waals surface area contributed by atoms with E-state index in [9.17, 15) is 4.79 Å². The van der Waals surface area contributed by atoms with Crippen molar-refractivity contribution in [3.63, 3.8) is 0 Å². The summed E-state index contributed by atoms with van der Waals surface area (Å²) in [7, 11) is 1.95. The Hall–Kier alpha value is -0.830. The van der Waals surface area contributed by atoms with Gasteiger partial charge in [0.05, 0.1) is 0 Å². The zero-order chi connectivity index (χ0) is 13.8. The Kier molecular flexibility index (Phi) is 5.03. The number of carbonyl (C=O) groups is 1. The summed E-state index contributed by atoms with van der Waals surface area (Å²) in [4.78, 5) is 14.4. The molecule has 1 aliphatic rings. The fourth-order valence-corrected chi connectivity index (χ4v) is 3.23. The lowest BCUT2D eigenvalue weighted by molar-refractivity contribution is 0.0672. The molecular weight excluding hydrogens is 302 g/mol. The lowest BCUT2D eigenvalue weighted by Gasteiger charge is -2.34. The fraction of sp³-hybridized carbons (Fsp3) is 0.562. The number of amides is 1. The molecule has 104 valence electrons. The van der Waals surface area contributed by atoms with Crippen LogP contribution in [0.4, 0.5) is 0 Å². The highest BCUT2D eigenvalue weighted by Gasteiger charge is 2.25. The number of nitrogens with zero attached hydrogens (tertiary/aromatic N) is 1. The highest BCUT2D eigenvalue weighted by atomic mass is 79.9. The molecule has 0 saturated heterocycles. The molecule has 2 nitrogen and oxygen atoms in total. The summed E-state index contributed by atoms with van der Waals surface area (Å²) in [6.07, 6.45) is 4.83. The largest absolute Gasteiger partial charge is 0.339 e. The topological polar surface area (TPSA) is 20.3 Å². The molecule has 0 spiro atoms. The van der Waals surface area contributed by atoms with Gasteiger partial charge < -0.3 is 4.90 Å². The molecule has 1 aromatic rings. The lowest BCUT2D eigenvalue weighted by Crippen LogP contribution is -2.39. The Bertz CT molecular complexity index is 429. The summed E-state index contributed by atoms with van der Waals surface area (Å²) in [5.74, 6) is 0.894. The summed E-state index contributed by atoms with van der Waals surface area (Å²) in [6.45, 7) is 2.29. The van der Waals surface area contributed by atoms with E-state index in [0.717, 1.165) is 29.7 Å². The van der Waals surface area contributed by atoms with Crippen LogP contribution >= 0.6 is 15.9 Å². The second kappa shape index (κ2) is 6.56. The molecule has 1 saturated carbocycles. The maximum atomic E-state index is 12.5. The van der Waals surface area contributed by atoms with E-state index < -0.39 is 0 Å². The van der Waals surface area contributed by atoms with Gasteiger partial charge in [0.2, 0.25) is 0 Å². The average molecular weight is 324 g/mol. The zero-order valence-corrected chi connectivity index (χ0v) is 13.3. The Labute approximate surface area is 124 Å². The molecular formula is C16H22BrNO. The summed E-state index contributed by atoms with van der Waals surface area (Å²) >= 11 is 3.42. The monoisotopic (exact) mass is 323 g/mol. The van der Waals surface area contributed by atoms with Crippen LogP contribution in [-0.4, -0.2) is 23.9 Å². The maximum Gasteiger partial charge on any atom is 0.253 e. The molecule has 0 heterocycles. The molecule has 3 heteroatoms. The SMILES string of the molecule is CC1CCCC(N(C)C(=O)c2ccc(CBr)cc2)C1. The second-order valence-corrected chi connectivity index (χ2v) is 6.23. The maximum absolute atomic E-state index is 12.5. The standard InChI is InChI=1S/C16H22BrNO/c1-12-4-3-5-15(10-12)18(2)16(19)14-8-6-13(11-17)7-9-14/h6-9,12,15H,3-5,10-11H2,1-2H3. The zero-order valence-electron chi connectivity index (χ0n) is 11.7. The van der Waals surface area contributed by atoms with E-state index in [0.29, 0.717) is 6.04 Å². The van der Waals surface area contributed by atoms with Crippen LogP contribution in [0, 0.1) is 5.92 Å². The number of halogens is 1. The Morgan fingerprint density at radius 1 is 1.32 bits per heavy atom. The van der Waals surface area contributed by atoms with E-state index in [1.807, 2.05) is 36.2 Å². The van der Waals surface area contributed by atoms with Crippen LogP contribution in [0.2, 0.25) is 0 Å². The number of carbonyl (C=O) groups excluding carboxylic acids is 1. The van der Waals surface area contributed by atoms with Crippen LogP contribution < -0.4 is 0 Å². The van der Waals surface area contributed by atoms with Crippen molar-refractivity contribution in [2.45, 2.75) is 44.0 Å². The summed E-state index contributed by atoms with van der Waals surface area (Å²) in [6, 6.07) is 8.30. The number of rotatable bonds is 3. The smallest absolute Gasteiger partial charge is 0.253 e. The van der Waals surface area contributed by atoms with Crippen molar-refractivity contribution in [2.75, 3.05) is 7.05 Å². The minimum absolute atomic E-state index is 0.153. The van der Waals surface area contributed by atoms with Crippen molar-refractivity contribution >= 4 is 21.8 Å². The highest BCUT2D eigenvalue weighted by molar-refractivity contribution is 9.08. The number of benzene rings is 1. The molecule has 1 amide bonds. The van der Waals surface area contributed by atoms with Crippen molar-refractivity contribution < 1.29 is 4.79 Å². The molecule has 1 fully saturated rings. The van der Waals surface area contributed by atoms with Crippen molar-refractivity contribution in [1.29, 1.82) is 0 Å². The quantitative estimate of drug-likeness (QED) is 0.762. The van der Waals surface area contributed by atoms with E-state index in [-0.39, 0.29) is 5.91 Å². The molecule has 2 unspecified atom stereocenters. The molecule has 0 aromatic heterocycles. The van der Waals surface area contributed by atoms with Gasteiger partial charge >= 0.3 is 0 Å². The fourth-order valence-electron chi connectivity index (χ4n) is 2.86. The first-order chi connectivity index (χ1) is 9.11. The third-order valence-electron chi connectivity index (χ3n) is 4.13. The van der Waals surface area contributed by atoms with Crippen LogP contribution in [0.15, 0.2) is 24.3 Å². The average Bonchev–Trinajstić information content (AvgIpc) is 2.46. The van der Waals surface area contributed by atoms with Crippen molar-refractivity contribution in [2.24, 2.45) is 5.92 Å². The van der Waals surface area contributed by atoms with Gasteiger partial charge in [-0.05, 0) is 36.5 Å². The van der Waals surface area contributed by atoms with Gasteiger partial charge in [0.25, 0.3) is 5.91 Å². The number of hydrogen-bond donors (Lipinski definition) is 0. The Morgan fingerprint density at radius 2 is 2.00 bits per heavy atom. The van der Waals surface area contributed by atoms with E-state index in [4.69, 9.17) is 0 Å². The second-order valence-electron chi connectivity index (χ2n) is 5.67. The summed E-state index contributed by atoms with van der Waals surface area (Å²) < 4.78 is 0. The Balaban J connectivity index is 2.05. The molecule has 2 rings (SSSR count). The summed E-state index contributed by atoms with van der Waals surface area (Å²) in [5.41, 5.74) is 2.00. The molecule has 0 radical (unpaired) electrons. The normalized spacial score (nSPS) is 23.1. The predicted molar refractivity (Wildman–Crippen MR) is 82.6 cm³/mol. The van der Waals surface area contributed by atoms with Crippen LogP contribution in [0.3, 0.4) is 0 Å². The highest BCUT2D eigenvalue weighted by Crippen LogP contribution is 2.27. The molecule has 1 aromatic carbocycles. The van der Waals surface area contributed by atoms with Gasteiger partial charge in [-0.3, -0.25) is 4.79 Å². The lowest BCUT2D eigenvalue weighted by atomic mass is 9.86. The van der Waals surface area contributed by atoms with Gasteiger partial charge in [-0.1, -0.05) is 47.8 Å². The van der Waals surface area contributed by atoms with E-state index in [2.05, 4.69) is 22.9 Å². The van der Waals surface area contributed by atoms with Crippen LogP contribution in [0.5, 0.6) is 0 Å². The third kappa shape index (κ3) is 3.59. The van der Waals surface area contributed by atoms with E-state index in [1.165, 1.54) is 18.4 Å². The Morgan fingerprint density at radius 3 is 2.58 bits per heavy atom. The van der Waals surface area contributed by atoms with Gasteiger partial charge in [0.15, 0.2) is 0 Å². The van der Waals surface area contributed by atoms with E-state index >= 15 is 0 Å². The summed E-state index contributed by atoms with van der Waals surface area (Å²) in [5, 5.41) is 0.831. The van der Waals surface area contributed by atoms with Gasteiger partial charge in [0.1, 0.15) is 0 Å². The first-order valence-electron chi connectivity index (χ1n) is 7.04. The first kappa shape index (κ1) is 14.6. The van der Waals surface area contributed by atoms with Crippen molar-refractivity contribution in [1.82, 2.24) is 4.90 Å². The molecule has 1 aliphatic carbocycles. The van der Waals surface area contributed by atoms with Gasteiger partial charge in [-0.2, -0.15) is 0 Å². The van der Waals surface area contributed by atoms with Gasteiger partial charge in [0, 0.05) is 24.0 Å². The van der Waals surface area contributed by atoms with E-state index in [1.54, 1.807) is 0 Å². The molecule has 2 atom stereocenters. The van der Waals surface area contributed by atoms with Crippen molar-refractivity contribution in [3.8, 4) is 0 Å². The molecule has 0 bridgehead atoms. The van der Waals surface area contributed by atoms with Crippen LogP contribution in [0.1, 0.15) is 48.5 Å². The van der Waals surface area contributed by atoms with Crippen LogP contribution in [0.25, 0.3) is 0 Å².